The Labute approximate surface area is 343 Å². The van der Waals surface area contributed by atoms with Gasteiger partial charge in [0.25, 0.3) is 0 Å². The van der Waals surface area contributed by atoms with Gasteiger partial charge in [-0.2, -0.15) is 0 Å². The summed E-state index contributed by atoms with van der Waals surface area (Å²) >= 11 is 0. The molecule has 0 radical (unpaired) electrons. The van der Waals surface area contributed by atoms with Crippen molar-refractivity contribution in [3.05, 3.63) is 60.8 Å². The van der Waals surface area contributed by atoms with Gasteiger partial charge in [0.2, 0.25) is 5.91 Å². The second-order valence-electron chi connectivity index (χ2n) is 16.2. The number of aliphatic hydroxyl groups is 2. The molecule has 0 aromatic rings. The summed E-state index contributed by atoms with van der Waals surface area (Å²) < 4.78 is 0. The van der Waals surface area contributed by atoms with Crippen LogP contribution >= 0.6 is 0 Å². The molecule has 1 amide bonds. The highest BCUT2D eigenvalue weighted by Gasteiger charge is 2.17. The van der Waals surface area contributed by atoms with Crippen LogP contribution in [0.4, 0.5) is 0 Å². The van der Waals surface area contributed by atoms with Gasteiger partial charge in [-0.15, -0.1) is 0 Å². The summed E-state index contributed by atoms with van der Waals surface area (Å²) in [6.07, 6.45) is 64.9. The number of hydrogen-bond acceptors (Lipinski definition) is 3. The van der Waals surface area contributed by atoms with Crippen LogP contribution in [0.25, 0.3) is 0 Å². The lowest BCUT2D eigenvalue weighted by Gasteiger charge is -2.19. The number of amides is 1. The first-order valence-corrected chi connectivity index (χ1v) is 24.0. The Morgan fingerprint density at radius 3 is 1.20 bits per heavy atom. The van der Waals surface area contributed by atoms with Gasteiger partial charge in [-0.05, 0) is 70.6 Å². The Bertz CT molecular complexity index is 919. The first-order chi connectivity index (χ1) is 27.2. The maximum atomic E-state index is 12.4. The number of carbonyl (C=O) groups is 1. The van der Waals surface area contributed by atoms with E-state index < -0.39 is 12.1 Å². The minimum Gasteiger partial charge on any atom is -0.394 e. The van der Waals surface area contributed by atoms with Crippen molar-refractivity contribution in [3.63, 3.8) is 0 Å². The summed E-state index contributed by atoms with van der Waals surface area (Å²) in [6.45, 7) is 4.27. The van der Waals surface area contributed by atoms with Gasteiger partial charge in [0.1, 0.15) is 0 Å². The predicted octanol–water partition coefficient (Wildman–Crippen LogP) is 15.3. The van der Waals surface area contributed by atoms with Crippen molar-refractivity contribution in [2.75, 3.05) is 6.61 Å². The summed E-state index contributed by atoms with van der Waals surface area (Å²) in [7, 11) is 0. The molecule has 0 fully saturated rings. The fourth-order valence-electron chi connectivity index (χ4n) is 7.02. The van der Waals surface area contributed by atoms with E-state index in [1.807, 2.05) is 6.08 Å². The van der Waals surface area contributed by atoms with Gasteiger partial charge in [0.05, 0.1) is 18.8 Å². The molecule has 2 unspecified atom stereocenters. The smallest absolute Gasteiger partial charge is 0.220 e. The third-order valence-electron chi connectivity index (χ3n) is 10.7. The first kappa shape index (κ1) is 53.1. The summed E-state index contributed by atoms with van der Waals surface area (Å²) in [4.78, 5) is 12.4. The van der Waals surface area contributed by atoms with Crippen LogP contribution in [-0.4, -0.2) is 34.9 Å². The van der Waals surface area contributed by atoms with Gasteiger partial charge < -0.3 is 15.5 Å². The summed E-state index contributed by atoms with van der Waals surface area (Å²) in [6, 6.07) is -0.649. The van der Waals surface area contributed by atoms with Crippen molar-refractivity contribution < 1.29 is 15.0 Å². The normalized spacial score (nSPS) is 13.5. The van der Waals surface area contributed by atoms with Crippen LogP contribution in [0.15, 0.2) is 60.8 Å². The lowest BCUT2D eigenvalue weighted by atomic mass is 10.0. The van der Waals surface area contributed by atoms with Crippen molar-refractivity contribution in [2.24, 2.45) is 0 Å². The Morgan fingerprint density at radius 2 is 0.764 bits per heavy atom. The molecule has 0 aromatic heterocycles. The number of allylic oxidation sites excluding steroid dienone is 9. The van der Waals surface area contributed by atoms with Crippen LogP contribution in [0.2, 0.25) is 0 Å². The molecule has 2 atom stereocenters. The SMILES string of the molecule is CCCCC/C=C\C=C/CCCCCCCCCCCCC(=O)NC(CO)C(O)/C=C/CC/C=C/CC/C=C/CCCCCCCCCCCCCCCC. The monoisotopic (exact) mass is 768 g/mol. The van der Waals surface area contributed by atoms with Crippen LogP contribution in [-0.2, 0) is 4.79 Å². The molecule has 0 saturated heterocycles. The Balaban J connectivity index is 3.63. The average Bonchev–Trinajstić information content (AvgIpc) is 3.19. The molecule has 0 spiro atoms. The molecule has 0 aliphatic rings. The Hall–Kier alpha value is -1.91. The van der Waals surface area contributed by atoms with E-state index in [1.165, 1.54) is 180 Å². The van der Waals surface area contributed by atoms with E-state index >= 15 is 0 Å². The van der Waals surface area contributed by atoms with Crippen LogP contribution in [0.5, 0.6) is 0 Å². The molecule has 0 bridgehead atoms. The first-order valence-electron chi connectivity index (χ1n) is 24.0. The van der Waals surface area contributed by atoms with Crippen LogP contribution in [0.3, 0.4) is 0 Å². The maximum absolute atomic E-state index is 12.4. The molecule has 4 heteroatoms. The number of hydrogen-bond donors (Lipinski definition) is 3. The van der Waals surface area contributed by atoms with E-state index in [-0.39, 0.29) is 12.5 Å². The van der Waals surface area contributed by atoms with Crippen LogP contribution < -0.4 is 5.32 Å². The van der Waals surface area contributed by atoms with Gasteiger partial charge in [-0.25, -0.2) is 0 Å². The molecule has 0 heterocycles. The second kappa shape index (κ2) is 46.5. The fraction of sp³-hybridized carbons (Fsp3) is 0.784. The van der Waals surface area contributed by atoms with Gasteiger partial charge in [0, 0.05) is 6.42 Å². The van der Waals surface area contributed by atoms with Crippen molar-refractivity contribution in [2.45, 2.75) is 251 Å². The lowest BCUT2D eigenvalue weighted by molar-refractivity contribution is -0.123. The molecular formula is C51H93NO3. The lowest BCUT2D eigenvalue weighted by Crippen LogP contribution is -2.45. The quantitative estimate of drug-likeness (QED) is 0.0329. The van der Waals surface area contributed by atoms with E-state index in [1.54, 1.807) is 6.08 Å². The maximum Gasteiger partial charge on any atom is 0.220 e. The highest BCUT2D eigenvalue weighted by atomic mass is 16.3. The van der Waals surface area contributed by atoms with Gasteiger partial charge in [-0.1, -0.05) is 222 Å². The van der Waals surface area contributed by atoms with Gasteiger partial charge in [-0.3, -0.25) is 4.79 Å². The van der Waals surface area contributed by atoms with Crippen molar-refractivity contribution in [1.29, 1.82) is 0 Å². The largest absolute Gasteiger partial charge is 0.394 e. The van der Waals surface area contributed by atoms with Crippen molar-refractivity contribution in [3.8, 4) is 0 Å². The van der Waals surface area contributed by atoms with Crippen LogP contribution in [0.1, 0.15) is 239 Å². The minimum atomic E-state index is -0.874. The molecule has 0 saturated carbocycles. The summed E-state index contributed by atoms with van der Waals surface area (Å²) in [5.41, 5.74) is 0. The number of unbranched alkanes of at least 4 members (excludes halogenated alkanes) is 29. The zero-order valence-corrected chi connectivity index (χ0v) is 36.7. The average molecular weight is 768 g/mol. The van der Waals surface area contributed by atoms with E-state index in [2.05, 4.69) is 67.8 Å². The molecule has 4 nitrogen and oxygen atoms in total. The van der Waals surface area contributed by atoms with Crippen LogP contribution in [0, 0.1) is 0 Å². The molecule has 320 valence electrons. The third-order valence-corrected chi connectivity index (χ3v) is 10.7. The van der Waals surface area contributed by atoms with E-state index in [0.29, 0.717) is 6.42 Å². The highest BCUT2D eigenvalue weighted by molar-refractivity contribution is 5.76. The number of aliphatic hydroxyl groups excluding tert-OH is 2. The summed E-state index contributed by atoms with van der Waals surface area (Å²) in [5, 5.41) is 23.0. The number of rotatable bonds is 43. The zero-order chi connectivity index (χ0) is 40.0. The molecule has 0 rings (SSSR count). The van der Waals surface area contributed by atoms with Crippen molar-refractivity contribution in [1.82, 2.24) is 5.32 Å². The topological polar surface area (TPSA) is 69.6 Å². The number of carbonyl (C=O) groups excluding carboxylic acids is 1. The van der Waals surface area contributed by atoms with E-state index in [4.69, 9.17) is 0 Å². The Kier molecular flexibility index (Phi) is 44.9. The molecule has 55 heavy (non-hydrogen) atoms. The van der Waals surface area contributed by atoms with Gasteiger partial charge >= 0.3 is 0 Å². The molecule has 0 aromatic carbocycles. The fourth-order valence-corrected chi connectivity index (χ4v) is 7.02. The molecule has 3 N–H and O–H groups in total. The van der Waals surface area contributed by atoms with Gasteiger partial charge in [0.15, 0.2) is 0 Å². The van der Waals surface area contributed by atoms with Crippen molar-refractivity contribution >= 4 is 5.91 Å². The molecular weight excluding hydrogens is 675 g/mol. The molecule has 0 aliphatic carbocycles. The van der Waals surface area contributed by atoms with E-state index in [0.717, 1.165) is 38.5 Å². The summed E-state index contributed by atoms with van der Waals surface area (Å²) in [5.74, 6) is -0.0825. The minimum absolute atomic E-state index is 0.0825. The zero-order valence-electron chi connectivity index (χ0n) is 36.7. The standard InChI is InChI=1S/C51H93NO3/c1-3-5-7-9-11-13-15-17-19-21-23-24-25-26-27-29-30-32-34-36-38-40-42-44-46-50(54)49(48-53)52-51(55)47-45-43-41-39-37-35-33-31-28-22-20-18-16-14-12-10-8-6-4-2/h12,14,16,18,29-30,36,38,44,46,49-50,53-54H,3-11,13,15,17,19-28,31-35,37,39-43,45,47-48H2,1-2H3,(H,52,55)/b14-12-,18-16-,30-29+,38-36+,46-44+. The Morgan fingerprint density at radius 1 is 0.436 bits per heavy atom. The second-order valence-corrected chi connectivity index (χ2v) is 16.2. The molecule has 0 aliphatic heterocycles. The highest BCUT2D eigenvalue weighted by Crippen LogP contribution is 2.15. The predicted molar refractivity (Wildman–Crippen MR) is 244 cm³/mol. The van der Waals surface area contributed by atoms with E-state index in [9.17, 15) is 15.0 Å². The number of nitrogens with one attached hydrogen (secondary N) is 1. The third kappa shape index (κ3) is 43.1.